The third-order valence-corrected chi connectivity index (χ3v) is 8.95. The van der Waals surface area contributed by atoms with Crippen LogP contribution in [0.1, 0.15) is 0 Å². The summed E-state index contributed by atoms with van der Waals surface area (Å²) in [7, 11) is -13.2. The molecule has 18 nitrogen and oxygen atoms in total. The number of hydrogen-bond donors (Lipinski definition) is 4. The van der Waals surface area contributed by atoms with Crippen molar-refractivity contribution in [2.75, 3.05) is 6.54 Å². The van der Waals surface area contributed by atoms with Gasteiger partial charge in [0.15, 0.2) is 0 Å². The van der Waals surface area contributed by atoms with Crippen LogP contribution < -0.4 is 4.72 Å². The summed E-state index contributed by atoms with van der Waals surface area (Å²) in [4.78, 5) is 14.3. The van der Waals surface area contributed by atoms with Crippen LogP contribution in [0.3, 0.4) is 0 Å². The minimum Gasteiger partial charge on any atom is -0.480 e. The van der Waals surface area contributed by atoms with Crippen LogP contribution in [0.5, 0.6) is 0 Å². The zero-order valence-corrected chi connectivity index (χ0v) is 24.1. The van der Waals surface area contributed by atoms with E-state index < -0.39 is 47.7 Å². The molecule has 0 atom stereocenters. The summed E-state index contributed by atoms with van der Waals surface area (Å²) in [5.74, 6) is -1.42. The lowest BCUT2D eigenvalue weighted by Gasteiger charge is -2.08. The van der Waals surface area contributed by atoms with Crippen molar-refractivity contribution in [2.45, 2.75) is 14.7 Å². The Labute approximate surface area is 248 Å². The molecular weight excluding hydrogens is 645 g/mol. The topological polar surface area (TPSA) is 267 Å². The second-order valence-corrected chi connectivity index (χ2v) is 13.4. The SMILES string of the molecule is O=C(O)CNS(=O)(=O)c1cc(-c2cn(-c3ccc(S(=O)(=O)O)cc3)nn2)nc(-c2cn(-c3ccc(S(=O)(=O)O)cc3)nn2)c1. The fraction of sp³-hybridized carbons (Fsp3) is 0.0435. The average molecular weight is 663 g/mol. The standard InChI is InChI=1S/C23H18N8O10S3/c32-23(33)11-24-42(34,35)18-9-19(21-12-30(28-26-21)14-1-5-16(6-2-14)43(36,37)38)25-20(10-18)22-13-31(29-27-22)15-3-7-17(8-4-15)44(39,40)41/h1-10,12-13,24H,11H2,(H,32,33)(H,36,37,38)(H,39,40,41). The van der Waals surface area contributed by atoms with Gasteiger partial charge < -0.3 is 5.11 Å². The van der Waals surface area contributed by atoms with E-state index >= 15 is 0 Å². The zero-order chi connectivity index (χ0) is 31.9. The molecule has 44 heavy (non-hydrogen) atoms. The molecular formula is C23H18N8O10S3. The third kappa shape index (κ3) is 6.66. The van der Waals surface area contributed by atoms with Gasteiger partial charge in [0.1, 0.15) is 17.9 Å². The van der Waals surface area contributed by atoms with E-state index in [0.717, 1.165) is 36.4 Å². The van der Waals surface area contributed by atoms with Crippen molar-refractivity contribution in [3.05, 3.63) is 73.1 Å². The summed E-state index contributed by atoms with van der Waals surface area (Å²) in [6.07, 6.45) is 2.73. The lowest BCUT2D eigenvalue weighted by Crippen LogP contribution is -2.29. The van der Waals surface area contributed by atoms with Crippen LogP contribution >= 0.6 is 0 Å². The lowest BCUT2D eigenvalue weighted by atomic mass is 10.2. The van der Waals surface area contributed by atoms with E-state index in [4.69, 9.17) is 5.11 Å². The van der Waals surface area contributed by atoms with E-state index in [-0.39, 0.29) is 32.6 Å². The van der Waals surface area contributed by atoms with E-state index in [2.05, 4.69) is 25.6 Å². The first-order chi connectivity index (χ1) is 20.6. The maximum Gasteiger partial charge on any atom is 0.318 e. The molecule has 0 aliphatic rings. The van der Waals surface area contributed by atoms with Crippen LogP contribution in [0.15, 0.2) is 87.7 Å². The largest absolute Gasteiger partial charge is 0.480 e. The van der Waals surface area contributed by atoms with Crippen molar-refractivity contribution in [1.82, 2.24) is 39.7 Å². The summed E-state index contributed by atoms with van der Waals surface area (Å²) in [5.41, 5.74) is 0.761. The quantitative estimate of drug-likeness (QED) is 0.148. The predicted molar refractivity (Wildman–Crippen MR) is 147 cm³/mol. The second kappa shape index (κ2) is 11.3. The lowest BCUT2D eigenvalue weighted by molar-refractivity contribution is -0.135. The highest BCUT2D eigenvalue weighted by Gasteiger charge is 2.22. The van der Waals surface area contributed by atoms with E-state index in [0.29, 0.717) is 11.4 Å². The van der Waals surface area contributed by atoms with Crippen molar-refractivity contribution < 1.29 is 44.3 Å². The molecule has 3 heterocycles. The molecule has 0 fully saturated rings. The number of aliphatic carboxylic acids is 1. The Bertz CT molecular complexity index is 2080. The van der Waals surface area contributed by atoms with Gasteiger partial charge in [-0.25, -0.2) is 22.8 Å². The Hall–Kier alpha value is -4.93. The number of hydrogen-bond acceptors (Lipinski definition) is 12. The number of pyridine rings is 1. The number of benzene rings is 2. The number of carbonyl (C=O) groups is 1. The molecule has 5 aromatic rings. The third-order valence-electron chi connectivity index (χ3n) is 5.83. The van der Waals surface area contributed by atoms with Gasteiger partial charge >= 0.3 is 5.97 Å². The number of aromatic nitrogens is 7. The van der Waals surface area contributed by atoms with E-state index in [1.807, 2.05) is 4.72 Å². The fourth-order valence-electron chi connectivity index (χ4n) is 3.72. The molecule has 21 heteroatoms. The smallest absolute Gasteiger partial charge is 0.318 e. The Kier molecular flexibility index (Phi) is 7.83. The van der Waals surface area contributed by atoms with Gasteiger partial charge in [-0.1, -0.05) is 10.4 Å². The highest BCUT2D eigenvalue weighted by atomic mass is 32.2. The van der Waals surface area contributed by atoms with E-state index in [9.17, 15) is 39.2 Å². The first-order valence-corrected chi connectivity index (χ1v) is 16.2. The van der Waals surface area contributed by atoms with Crippen LogP contribution in [0.25, 0.3) is 34.2 Å². The van der Waals surface area contributed by atoms with Gasteiger partial charge in [-0.3, -0.25) is 13.9 Å². The van der Waals surface area contributed by atoms with Crippen molar-refractivity contribution >= 4 is 36.2 Å². The van der Waals surface area contributed by atoms with E-state index in [1.54, 1.807) is 0 Å². The molecule has 0 unspecified atom stereocenters. The van der Waals surface area contributed by atoms with Crippen LogP contribution in [-0.4, -0.2) is 87.0 Å². The van der Waals surface area contributed by atoms with Crippen LogP contribution in [0, 0.1) is 0 Å². The monoisotopic (exact) mass is 662 g/mol. The molecule has 0 radical (unpaired) electrons. The maximum atomic E-state index is 13.0. The maximum absolute atomic E-state index is 13.0. The zero-order valence-electron chi connectivity index (χ0n) is 21.7. The molecule has 0 spiro atoms. The van der Waals surface area contributed by atoms with E-state index in [1.165, 1.54) is 46.0 Å². The molecule has 2 aromatic carbocycles. The molecule has 0 saturated heterocycles. The molecule has 3 aromatic heterocycles. The Balaban J connectivity index is 1.55. The molecule has 0 saturated carbocycles. The minimum absolute atomic E-state index is 0.0222. The number of nitrogens with one attached hydrogen (secondary N) is 1. The summed E-state index contributed by atoms with van der Waals surface area (Å²) < 4.78 is 94.0. The number of rotatable bonds is 10. The van der Waals surface area contributed by atoms with Gasteiger partial charge in [0.25, 0.3) is 20.2 Å². The van der Waals surface area contributed by atoms with Gasteiger partial charge in [0.2, 0.25) is 10.0 Å². The van der Waals surface area contributed by atoms with Crippen molar-refractivity contribution in [2.24, 2.45) is 0 Å². The highest BCUT2D eigenvalue weighted by Crippen LogP contribution is 2.26. The number of nitrogens with zero attached hydrogens (tertiary/aromatic N) is 7. The summed E-state index contributed by atoms with van der Waals surface area (Å²) in [6, 6.07) is 12.2. The highest BCUT2D eigenvalue weighted by molar-refractivity contribution is 7.89. The number of carboxylic acid groups (broad SMARTS) is 1. The van der Waals surface area contributed by atoms with Gasteiger partial charge in [0.05, 0.1) is 49.8 Å². The Morgan fingerprint density at radius 2 is 1.07 bits per heavy atom. The van der Waals surface area contributed by atoms with Crippen molar-refractivity contribution in [1.29, 1.82) is 0 Å². The van der Waals surface area contributed by atoms with Crippen molar-refractivity contribution in [3.63, 3.8) is 0 Å². The second-order valence-electron chi connectivity index (χ2n) is 8.83. The molecule has 0 aliphatic heterocycles. The summed E-state index contributed by atoms with van der Waals surface area (Å²) >= 11 is 0. The fourth-order valence-corrected chi connectivity index (χ4v) is 5.69. The van der Waals surface area contributed by atoms with Gasteiger partial charge in [0, 0.05) is 0 Å². The minimum atomic E-state index is -4.43. The van der Waals surface area contributed by atoms with Gasteiger partial charge in [-0.05, 0) is 60.7 Å². The van der Waals surface area contributed by atoms with Crippen LogP contribution in [0.4, 0.5) is 0 Å². The number of sulfonamides is 1. The Morgan fingerprint density at radius 3 is 1.43 bits per heavy atom. The first-order valence-electron chi connectivity index (χ1n) is 11.8. The summed E-state index contributed by atoms with van der Waals surface area (Å²) in [5, 5.41) is 24.9. The van der Waals surface area contributed by atoms with Crippen LogP contribution in [-0.2, 0) is 35.1 Å². The molecule has 0 amide bonds. The molecule has 5 rings (SSSR count). The number of carboxylic acids is 1. The van der Waals surface area contributed by atoms with Crippen LogP contribution in [0.2, 0.25) is 0 Å². The first kappa shape index (κ1) is 30.5. The van der Waals surface area contributed by atoms with Crippen molar-refractivity contribution in [3.8, 4) is 34.2 Å². The molecule has 0 bridgehead atoms. The summed E-state index contributed by atoms with van der Waals surface area (Å²) in [6.45, 7) is -0.902. The van der Waals surface area contributed by atoms with Gasteiger partial charge in [-0.2, -0.15) is 21.6 Å². The molecule has 0 aliphatic carbocycles. The molecule has 4 N–H and O–H groups in total. The Morgan fingerprint density at radius 1 is 0.659 bits per heavy atom. The molecule has 228 valence electrons. The predicted octanol–water partition coefficient (Wildman–Crippen LogP) is 0.433. The van der Waals surface area contributed by atoms with Gasteiger partial charge in [-0.15, -0.1) is 10.2 Å². The normalized spacial score (nSPS) is 12.3. The average Bonchev–Trinajstić information content (AvgIpc) is 3.66.